The van der Waals surface area contributed by atoms with Gasteiger partial charge in [-0.25, -0.2) is 9.67 Å². The molecule has 9 heteroatoms. The van der Waals surface area contributed by atoms with Crippen LogP contribution in [0.3, 0.4) is 0 Å². The fourth-order valence-electron chi connectivity index (χ4n) is 2.83. The molecule has 0 unspecified atom stereocenters. The third kappa shape index (κ3) is 4.92. The third-order valence-corrected chi connectivity index (χ3v) is 5.40. The first-order valence-corrected chi connectivity index (χ1v) is 10.1. The molecule has 28 heavy (non-hydrogen) atoms. The first-order chi connectivity index (χ1) is 13.3. The number of benzene rings is 1. The van der Waals surface area contributed by atoms with Gasteiger partial charge in [-0.15, -0.1) is 11.8 Å². The van der Waals surface area contributed by atoms with Crippen LogP contribution in [0.15, 0.2) is 35.4 Å². The fourth-order valence-corrected chi connectivity index (χ4v) is 3.85. The molecule has 3 rings (SSSR count). The SMILES string of the molecule is Cc1nn(-c2cc(SCCCN(C)C)ccc2OC(F)F)c2cc(Cl)ncc12. The van der Waals surface area contributed by atoms with E-state index in [1.54, 1.807) is 40.8 Å². The van der Waals surface area contributed by atoms with Crippen LogP contribution in [-0.4, -0.2) is 52.7 Å². The van der Waals surface area contributed by atoms with Gasteiger partial charge < -0.3 is 9.64 Å². The van der Waals surface area contributed by atoms with E-state index in [-0.39, 0.29) is 5.75 Å². The second-order valence-electron chi connectivity index (χ2n) is 6.53. The van der Waals surface area contributed by atoms with Crippen LogP contribution in [0, 0.1) is 6.92 Å². The molecule has 1 aromatic carbocycles. The Labute approximate surface area is 171 Å². The van der Waals surface area contributed by atoms with E-state index in [4.69, 9.17) is 16.3 Å². The summed E-state index contributed by atoms with van der Waals surface area (Å²) in [7, 11) is 4.06. The maximum absolute atomic E-state index is 12.9. The van der Waals surface area contributed by atoms with Crippen molar-refractivity contribution >= 4 is 34.3 Å². The highest BCUT2D eigenvalue weighted by Crippen LogP contribution is 2.33. The monoisotopic (exact) mass is 426 g/mol. The number of thioether (sulfide) groups is 1. The Hall–Kier alpha value is -1.90. The Morgan fingerprint density at radius 2 is 2.07 bits per heavy atom. The molecule has 0 amide bonds. The van der Waals surface area contributed by atoms with Gasteiger partial charge in [0.2, 0.25) is 0 Å². The lowest BCUT2D eigenvalue weighted by molar-refractivity contribution is -0.0499. The average molecular weight is 427 g/mol. The second kappa shape index (κ2) is 9.07. The number of ether oxygens (including phenoxy) is 1. The quantitative estimate of drug-likeness (QED) is 0.287. The van der Waals surface area contributed by atoms with E-state index in [0.29, 0.717) is 16.4 Å². The maximum atomic E-state index is 12.9. The lowest BCUT2D eigenvalue weighted by Crippen LogP contribution is -2.13. The minimum absolute atomic E-state index is 0.0602. The zero-order chi connectivity index (χ0) is 20.3. The Balaban J connectivity index is 1.99. The van der Waals surface area contributed by atoms with Crippen LogP contribution >= 0.6 is 23.4 Å². The molecule has 0 N–H and O–H groups in total. The second-order valence-corrected chi connectivity index (χ2v) is 8.09. The van der Waals surface area contributed by atoms with Crippen molar-refractivity contribution in [3.8, 4) is 11.4 Å². The summed E-state index contributed by atoms with van der Waals surface area (Å²) in [6, 6.07) is 6.83. The Morgan fingerprint density at radius 3 is 2.79 bits per heavy atom. The van der Waals surface area contributed by atoms with Crippen molar-refractivity contribution in [2.24, 2.45) is 0 Å². The number of rotatable bonds is 8. The van der Waals surface area contributed by atoms with Gasteiger partial charge in [0.05, 0.1) is 11.2 Å². The van der Waals surface area contributed by atoms with Gasteiger partial charge in [0.15, 0.2) is 5.75 Å². The zero-order valence-corrected chi connectivity index (χ0v) is 17.4. The number of aryl methyl sites for hydroxylation is 1. The number of halogens is 3. The molecule has 0 spiro atoms. The van der Waals surface area contributed by atoms with Gasteiger partial charge in [-0.2, -0.15) is 13.9 Å². The molecule has 0 aliphatic carbocycles. The highest BCUT2D eigenvalue weighted by Gasteiger charge is 2.17. The Morgan fingerprint density at radius 1 is 1.29 bits per heavy atom. The molecule has 2 heterocycles. The molecule has 3 aromatic rings. The summed E-state index contributed by atoms with van der Waals surface area (Å²) in [5, 5.41) is 5.61. The van der Waals surface area contributed by atoms with Crippen LogP contribution in [0.2, 0.25) is 5.15 Å². The van der Waals surface area contributed by atoms with Crippen molar-refractivity contribution in [2.45, 2.75) is 24.9 Å². The van der Waals surface area contributed by atoms with Crippen LogP contribution in [0.5, 0.6) is 5.75 Å². The average Bonchev–Trinajstić information content (AvgIpc) is 2.95. The van der Waals surface area contributed by atoms with E-state index in [0.717, 1.165) is 34.7 Å². The number of hydrogen-bond acceptors (Lipinski definition) is 5. The van der Waals surface area contributed by atoms with E-state index in [1.807, 2.05) is 27.1 Å². The number of nitrogens with zero attached hydrogens (tertiary/aromatic N) is 4. The van der Waals surface area contributed by atoms with Gasteiger partial charge in [-0.3, -0.25) is 0 Å². The molecule has 0 saturated carbocycles. The summed E-state index contributed by atoms with van der Waals surface area (Å²) >= 11 is 7.71. The summed E-state index contributed by atoms with van der Waals surface area (Å²) in [6.07, 6.45) is 2.65. The van der Waals surface area contributed by atoms with Gasteiger partial charge in [0.1, 0.15) is 10.8 Å². The number of pyridine rings is 1. The molecule has 0 aliphatic rings. The maximum Gasteiger partial charge on any atom is 0.387 e. The molecule has 0 radical (unpaired) electrons. The van der Waals surface area contributed by atoms with Crippen molar-refractivity contribution in [1.29, 1.82) is 0 Å². The summed E-state index contributed by atoms with van der Waals surface area (Å²) in [6.45, 7) is -0.103. The van der Waals surface area contributed by atoms with Crippen molar-refractivity contribution < 1.29 is 13.5 Å². The highest BCUT2D eigenvalue weighted by atomic mass is 35.5. The molecule has 0 saturated heterocycles. The predicted octanol–water partition coefficient (Wildman–Crippen LogP) is 5.03. The summed E-state index contributed by atoms with van der Waals surface area (Å²) in [5.74, 6) is 0.978. The highest BCUT2D eigenvalue weighted by molar-refractivity contribution is 7.99. The molecule has 0 atom stereocenters. The van der Waals surface area contributed by atoms with Crippen LogP contribution in [-0.2, 0) is 0 Å². The van der Waals surface area contributed by atoms with E-state index < -0.39 is 6.61 Å². The first-order valence-electron chi connectivity index (χ1n) is 8.73. The predicted molar refractivity (Wildman–Crippen MR) is 109 cm³/mol. The van der Waals surface area contributed by atoms with E-state index in [2.05, 4.69) is 15.0 Å². The standard InChI is InChI=1S/C19H21ClF2N4OS/c1-12-14-11-23-18(20)10-15(14)26(24-12)16-9-13(28-8-4-7-25(2)3)5-6-17(16)27-19(21)22/h5-6,9-11,19H,4,7-8H2,1-3H3. The van der Waals surface area contributed by atoms with Crippen LogP contribution in [0.4, 0.5) is 8.78 Å². The fraction of sp³-hybridized carbons (Fsp3) is 0.368. The molecule has 2 aromatic heterocycles. The van der Waals surface area contributed by atoms with Crippen molar-refractivity contribution in [3.05, 3.63) is 41.3 Å². The van der Waals surface area contributed by atoms with E-state index in [9.17, 15) is 8.78 Å². The molecule has 0 bridgehead atoms. The van der Waals surface area contributed by atoms with Crippen LogP contribution in [0.1, 0.15) is 12.1 Å². The number of hydrogen-bond donors (Lipinski definition) is 0. The zero-order valence-electron chi connectivity index (χ0n) is 15.8. The number of aromatic nitrogens is 3. The molecule has 150 valence electrons. The minimum Gasteiger partial charge on any atom is -0.433 e. The summed E-state index contributed by atoms with van der Waals surface area (Å²) in [5.41, 5.74) is 1.86. The van der Waals surface area contributed by atoms with Gasteiger partial charge in [-0.05, 0) is 57.9 Å². The molecule has 0 fully saturated rings. The lowest BCUT2D eigenvalue weighted by Gasteiger charge is -2.14. The topological polar surface area (TPSA) is 43.2 Å². The smallest absolute Gasteiger partial charge is 0.387 e. The number of fused-ring (bicyclic) bond motifs is 1. The van der Waals surface area contributed by atoms with Crippen molar-refractivity contribution in [3.63, 3.8) is 0 Å². The lowest BCUT2D eigenvalue weighted by atomic mass is 10.2. The van der Waals surface area contributed by atoms with Crippen LogP contribution in [0.25, 0.3) is 16.6 Å². The number of alkyl halides is 2. The van der Waals surface area contributed by atoms with Gasteiger partial charge in [0, 0.05) is 22.5 Å². The van der Waals surface area contributed by atoms with Crippen LogP contribution < -0.4 is 4.74 Å². The minimum atomic E-state index is -2.93. The molecular weight excluding hydrogens is 406 g/mol. The Bertz CT molecular complexity index is 965. The van der Waals surface area contributed by atoms with E-state index in [1.165, 1.54) is 0 Å². The van der Waals surface area contributed by atoms with Gasteiger partial charge in [-0.1, -0.05) is 11.6 Å². The summed E-state index contributed by atoms with van der Waals surface area (Å²) in [4.78, 5) is 7.16. The van der Waals surface area contributed by atoms with Gasteiger partial charge >= 0.3 is 6.61 Å². The van der Waals surface area contributed by atoms with Gasteiger partial charge in [0.25, 0.3) is 0 Å². The summed E-state index contributed by atoms with van der Waals surface area (Å²) < 4.78 is 32.2. The molecular formula is C19H21ClF2N4OS. The molecule has 0 aliphatic heterocycles. The Kier molecular flexibility index (Phi) is 6.74. The normalized spacial score (nSPS) is 11.7. The largest absolute Gasteiger partial charge is 0.433 e. The molecule has 5 nitrogen and oxygen atoms in total. The third-order valence-electron chi connectivity index (χ3n) is 4.11. The van der Waals surface area contributed by atoms with Crippen molar-refractivity contribution in [1.82, 2.24) is 19.7 Å². The first kappa shape index (κ1) is 20.8. The van der Waals surface area contributed by atoms with E-state index >= 15 is 0 Å². The van der Waals surface area contributed by atoms with Crippen molar-refractivity contribution in [2.75, 3.05) is 26.4 Å².